The van der Waals surface area contributed by atoms with Crippen molar-refractivity contribution in [2.45, 2.75) is 5.92 Å². The van der Waals surface area contributed by atoms with Crippen LogP contribution in [0.2, 0.25) is 0 Å². The summed E-state index contributed by atoms with van der Waals surface area (Å²) in [5.74, 6) is 0.883. The van der Waals surface area contributed by atoms with Crippen molar-refractivity contribution in [3.63, 3.8) is 0 Å². The Balaban J connectivity index is 2.07. The van der Waals surface area contributed by atoms with Crippen LogP contribution < -0.4 is 4.74 Å². The highest BCUT2D eigenvalue weighted by Gasteiger charge is 2.42. The van der Waals surface area contributed by atoms with Crippen molar-refractivity contribution in [2.75, 3.05) is 13.2 Å². The second kappa shape index (κ2) is 2.74. The van der Waals surface area contributed by atoms with Crippen LogP contribution in [0.1, 0.15) is 11.5 Å². The molecular formula is C11H10O3. The predicted molar refractivity (Wildman–Crippen MR) is 49.1 cm³/mol. The molecule has 1 aromatic carbocycles. The van der Waals surface area contributed by atoms with Gasteiger partial charge in [0.05, 0.1) is 6.61 Å². The van der Waals surface area contributed by atoms with E-state index in [9.17, 15) is 4.79 Å². The van der Waals surface area contributed by atoms with Crippen molar-refractivity contribution in [1.29, 1.82) is 0 Å². The molecule has 2 unspecified atom stereocenters. The van der Waals surface area contributed by atoms with Crippen molar-refractivity contribution in [2.24, 2.45) is 5.92 Å². The van der Waals surface area contributed by atoms with Gasteiger partial charge < -0.3 is 9.47 Å². The predicted octanol–water partition coefficient (Wildman–Crippen LogP) is 1.34. The Morgan fingerprint density at radius 2 is 1.86 bits per heavy atom. The molecule has 1 aromatic rings. The average molecular weight is 190 g/mol. The maximum Gasteiger partial charge on any atom is 0.313 e. The van der Waals surface area contributed by atoms with Crippen molar-refractivity contribution < 1.29 is 14.3 Å². The highest BCUT2D eigenvalue weighted by atomic mass is 16.5. The molecule has 2 atom stereocenters. The van der Waals surface area contributed by atoms with Crippen molar-refractivity contribution in [3.8, 4) is 5.75 Å². The number of carbonyl (C=O) groups excluding carboxylic acids is 1. The minimum atomic E-state index is -0.121. The fourth-order valence-corrected chi connectivity index (χ4v) is 2.15. The largest absolute Gasteiger partial charge is 0.492 e. The summed E-state index contributed by atoms with van der Waals surface area (Å²) in [7, 11) is 0. The van der Waals surface area contributed by atoms with Gasteiger partial charge in [0.15, 0.2) is 0 Å². The number of hydrogen-bond acceptors (Lipinski definition) is 3. The number of hydrogen-bond donors (Lipinski definition) is 0. The number of benzene rings is 1. The fraction of sp³-hybridized carbons (Fsp3) is 0.364. The van der Waals surface area contributed by atoms with E-state index in [4.69, 9.17) is 9.47 Å². The van der Waals surface area contributed by atoms with E-state index < -0.39 is 0 Å². The maximum absolute atomic E-state index is 11.3. The van der Waals surface area contributed by atoms with Crippen LogP contribution >= 0.6 is 0 Å². The van der Waals surface area contributed by atoms with Crippen LogP contribution in [0.5, 0.6) is 5.75 Å². The summed E-state index contributed by atoms with van der Waals surface area (Å²) < 4.78 is 10.5. The molecule has 0 amide bonds. The number of ether oxygens (including phenoxy) is 2. The molecule has 0 spiro atoms. The van der Waals surface area contributed by atoms with Gasteiger partial charge in [0.1, 0.15) is 18.3 Å². The summed E-state index contributed by atoms with van der Waals surface area (Å²) in [5.41, 5.74) is 1.11. The van der Waals surface area contributed by atoms with Crippen LogP contribution in [-0.2, 0) is 9.53 Å². The van der Waals surface area contributed by atoms with Gasteiger partial charge >= 0.3 is 5.97 Å². The Morgan fingerprint density at radius 1 is 1.07 bits per heavy atom. The van der Waals surface area contributed by atoms with Crippen LogP contribution in [0.3, 0.4) is 0 Å². The first kappa shape index (κ1) is 7.85. The third-order valence-corrected chi connectivity index (χ3v) is 2.93. The molecule has 0 N–H and O–H groups in total. The Labute approximate surface area is 81.6 Å². The minimum Gasteiger partial charge on any atom is -0.492 e. The van der Waals surface area contributed by atoms with Crippen LogP contribution in [0, 0.1) is 5.92 Å². The summed E-state index contributed by atoms with van der Waals surface area (Å²) in [6, 6.07) is 7.85. The first-order valence-corrected chi connectivity index (χ1v) is 4.74. The lowest BCUT2D eigenvalue weighted by molar-refractivity contribution is -0.142. The van der Waals surface area contributed by atoms with Crippen LogP contribution in [0.25, 0.3) is 0 Å². The zero-order valence-electron chi connectivity index (χ0n) is 7.60. The topological polar surface area (TPSA) is 35.5 Å². The fourth-order valence-electron chi connectivity index (χ4n) is 2.15. The molecule has 14 heavy (non-hydrogen) atoms. The van der Waals surface area contributed by atoms with E-state index in [0.717, 1.165) is 11.3 Å². The maximum atomic E-state index is 11.3. The first-order valence-electron chi connectivity index (χ1n) is 4.74. The van der Waals surface area contributed by atoms with Crippen molar-refractivity contribution in [3.05, 3.63) is 29.8 Å². The van der Waals surface area contributed by atoms with Gasteiger partial charge in [-0.15, -0.1) is 0 Å². The number of para-hydroxylation sites is 1. The summed E-state index contributed by atoms with van der Waals surface area (Å²) in [4.78, 5) is 11.3. The third-order valence-electron chi connectivity index (χ3n) is 2.93. The molecule has 72 valence electrons. The van der Waals surface area contributed by atoms with E-state index in [-0.39, 0.29) is 17.8 Å². The molecule has 0 saturated carbocycles. The lowest BCUT2D eigenvalue weighted by Crippen LogP contribution is -2.27. The minimum absolute atomic E-state index is 0.0927. The number of cyclic esters (lactones) is 1. The molecule has 1 fully saturated rings. The van der Waals surface area contributed by atoms with E-state index in [0.29, 0.717) is 13.2 Å². The molecule has 0 bridgehead atoms. The third kappa shape index (κ3) is 0.953. The van der Waals surface area contributed by atoms with Gasteiger partial charge in [-0.25, -0.2) is 0 Å². The summed E-state index contributed by atoms with van der Waals surface area (Å²) in [5, 5.41) is 0. The highest BCUT2D eigenvalue weighted by molar-refractivity contribution is 5.77. The van der Waals surface area contributed by atoms with Gasteiger partial charge in [0, 0.05) is 11.5 Å². The lowest BCUT2D eigenvalue weighted by Gasteiger charge is -2.24. The molecule has 0 aromatic heterocycles. The van der Waals surface area contributed by atoms with Crippen LogP contribution in [0.4, 0.5) is 0 Å². The van der Waals surface area contributed by atoms with E-state index in [1.54, 1.807) is 0 Å². The van der Waals surface area contributed by atoms with Crippen LogP contribution in [0.15, 0.2) is 24.3 Å². The zero-order chi connectivity index (χ0) is 9.54. The molecule has 3 heteroatoms. The number of carbonyl (C=O) groups is 1. The smallest absolute Gasteiger partial charge is 0.313 e. The molecule has 3 nitrogen and oxygen atoms in total. The Hall–Kier alpha value is -1.51. The molecular weight excluding hydrogens is 180 g/mol. The van der Waals surface area contributed by atoms with E-state index in [2.05, 4.69) is 0 Å². The molecule has 0 radical (unpaired) electrons. The van der Waals surface area contributed by atoms with Gasteiger partial charge in [-0.1, -0.05) is 18.2 Å². The van der Waals surface area contributed by atoms with Crippen molar-refractivity contribution >= 4 is 5.97 Å². The summed E-state index contributed by atoms with van der Waals surface area (Å²) >= 11 is 0. The lowest BCUT2D eigenvalue weighted by atomic mass is 9.87. The van der Waals surface area contributed by atoms with E-state index in [1.165, 1.54) is 0 Å². The second-order valence-corrected chi connectivity index (χ2v) is 3.69. The molecule has 2 aliphatic rings. The van der Waals surface area contributed by atoms with Gasteiger partial charge in [0.25, 0.3) is 0 Å². The van der Waals surface area contributed by atoms with Crippen molar-refractivity contribution in [1.82, 2.24) is 0 Å². The molecule has 2 heterocycles. The van der Waals surface area contributed by atoms with Gasteiger partial charge in [-0.05, 0) is 6.07 Å². The Bertz CT molecular complexity index is 386. The van der Waals surface area contributed by atoms with Crippen LogP contribution in [-0.4, -0.2) is 19.2 Å². The summed E-state index contributed by atoms with van der Waals surface area (Å²) in [6.45, 7) is 0.963. The van der Waals surface area contributed by atoms with E-state index >= 15 is 0 Å². The Kier molecular flexibility index (Phi) is 1.54. The van der Waals surface area contributed by atoms with Gasteiger partial charge in [0.2, 0.25) is 0 Å². The van der Waals surface area contributed by atoms with Gasteiger partial charge in [-0.2, -0.15) is 0 Å². The molecule has 2 aliphatic heterocycles. The number of fused-ring (bicyclic) bond motifs is 3. The second-order valence-electron chi connectivity index (χ2n) is 3.69. The quantitative estimate of drug-likeness (QED) is 0.579. The first-order chi connectivity index (χ1) is 6.86. The summed E-state index contributed by atoms with van der Waals surface area (Å²) in [6.07, 6.45) is 0. The van der Waals surface area contributed by atoms with Gasteiger partial charge in [-0.3, -0.25) is 4.79 Å². The molecule has 3 rings (SSSR count). The monoisotopic (exact) mass is 190 g/mol. The molecule has 1 saturated heterocycles. The average Bonchev–Trinajstić information content (AvgIpc) is 2.61. The molecule has 0 aliphatic carbocycles. The SMILES string of the molecule is O=C1OCC2c3ccccc3OCC12. The highest BCUT2D eigenvalue weighted by Crippen LogP contribution is 2.40. The standard InChI is InChI=1S/C11H10O3/c12-11-9-6-13-10-4-2-1-3-7(10)8(9)5-14-11/h1-4,8-9H,5-6H2. The normalized spacial score (nSPS) is 28.7. The zero-order valence-corrected chi connectivity index (χ0v) is 7.60. The number of rotatable bonds is 0. The van der Waals surface area contributed by atoms with E-state index in [1.807, 2.05) is 24.3 Å². The number of esters is 1. The Morgan fingerprint density at radius 3 is 2.79 bits per heavy atom.